The zero-order chi connectivity index (χ0) is 19.6. The van der Waals surface area contributed by atoms with Crippen molar-refractivity contribution in [2.45, 2.75) is 24.9 Å². The lowest BCUT2D eigenvalue weighted by Gasteiger charge is -2.28. The molecule has 2 atom stereocenters. The third kappa shape index (κ3) is 4.17. The summed E-state index contributed by atoms with van der Waals surface area (Å²) >= 11 is 5.59. The molecule has 27 heavy (non-hydrogen) atoms. The minimum Gasteiger partial charge on any atom is -0.370 e. The molecule has 11 heteroatoms. The molecule has 0 unspecified atom stereocenters. The SMILES string of the molecule is NC(N)=N[C@H]1CCc2[nH]cnc2[C@@H]1NC(=O)C(=O)Nc1ccc(Cl)c(F)c1. The Morgan fingerprint density at radius 3 is 2.81 bits per heavy atom. The summed E-state index contributed by atoms with van der Waals surface area (Å²) in [7, 11) is 0. The van der Waals surface area contributed by atoms with E-state index in [0.717, 1.165) is 11.8 Å². The van der Waals surface area contributed by atoms with Crippen molar-refractivity contribution in [3.63, 3.8) is 0 Å². The molecular weight excluding hydrogens is 377 g/mol. The molecular formula is C16H17ClFN7O2. The molecule has 0 saturated heterocycles. The number of guanidine groups is 1. The third-order valence-electron chi connectivity index (χ3n) is 4.11. The fourth-order valence-electron chi connectivity index (χ4n) is 2.90. The number of nitrogens with zero attached hydrogens (tertiary/aromatic N) is 2. The predicted molar refractivity (Wildman–Crippen MR) is 97.4 cm³/mol. The lowest BCUT2D eigenvalue weighted by atomic mass is 9.91. The van der Waals surface area contributed by atoms with Crippen LogP contribution in [0.4, 0.5) is 10.1 Å². The van der Waals surface area contributed by atoms with Gasteiger partial charge in [0.05, 0.1) is 29.1 Å². The minimum absolute atomic E-state index is 0.0919. The molecule has 1 aliphatic rings. The van der Waals surface area contributed by atoms with Gasteiger partial charge in [-0.2, -0.15) is 0 Å². The molecule has 1 aliphatic carbocycles. The first kappa shape index (κ1) is 18.6. The number of H-pyrrole nitrogens is 1. The number of fused-ring (bicyclic) bond motifs is 1. The maximum absolute atomic E-state index is 13.5. The Morgan fingerprint density at radius 1 is 1.33 bits per heavy atom. The van der Waals surface area contributed by atoms with Crippen LogP contribution >= 0.6 is 11.6 Å². The summed E-state index contributed by atoms with van der Waals surface area (Å²) in [6.45, 7) is 0. The number of amides is 2. The Bertz CT molecular complexity index is 910. The van der Waals surface area contributed by atoms with Crippen LogP contribution in [0.15, 0.2) is 29.5 Å². The van der Waals surface area contributed by atoms with E-state index in [0.29, 0.717) is 18.5 Å². The number of halogens is 2. The molecule has 7 N–H and O–H groups in total. The average Bonchev–Trinajstić information content (AvgIpc) is 3.08. The van der Waals surface area contributed by atoms with Crippen molar-refractivity contribution in [3.8, 4) is 0 Å². The zero-order valence-electron chi connectivity index (χ0n) is 14.0. The Balaban J connectivity index is 1.75. The Morgan fingerprint density at radius 2 is 2.11 bits per heavy atom. The molecule has 0 aliphatic heterocycles. The topological polar surface area (TPSA) is 151 Å². The third-order valence-corrected chi connectivity index (χ3v) is 4.41. The van der Waals surface area contributed by atoms with Crippen molar-refractivity contribution in [1.82, 2.24) is 15.3 Å². The van der Waals surface area contributed by atoms with Crippen LogP contribution in [0.5, 0.6) is 0 Å². The van der Waals surface area contributed by atoms with Crippen molar-refractivity contribution in [2.24, 2.45) is 16.5 Å². The van der Waals surface area contributed by atoms with Crippen LogP contribution in [-0.4, -0.2) is 33.8 Å². The minimum atomic E-state index is -0.970. The molecule has 1 aromatic carbocycles. The number of rotatable bonds is 3. The molecule has 0 fully saturated rings. The van der Waals surface area contributed by atoms with Crippen LogP contribution in [0.3, 0.4) is 0 Å². The van der Waals surface area contributed by atoms with Crippen LogP contribution in [0.2, 0.25) is 5.02 Å². The van der Waals surface area contributed by atoms with E-state index >= 15 is 0 Å². The molecule has 0 saturated carbocycles. The number of nitrogens with one attached hydrogen (secondary N) is 3. The zero-order valence-corrected chi connectivity index (χ0v) is 14.8. The number of imidazole rings is 1. The number of anilines is 1. The van der Waals surface area contributed by atoms with Gasteiger partial charge in [0, 0.05) is 11.4 Å². The molecule has 2 amide bonds. The molecule has 2 aromatic rings. The van der Waals surface area contributed by atoms with E-state index in [9.17, 15) is 14.0 Å². The van der Waals surface area contributed by atoms with Gasteiger partial charge >= 0.3 is 11.8 Å². The first-order valence-electron chi connectivity index (χ1n) is 8.03. The van der Waals surface area contributed by atoms with Crippen LogP contribution in [-0.2, 0) is 16.0 Å². The Labute approximate surface area is 158 Å². The number of carbonyl (C=O) groups excluding carboxylic acids is 2. The summed E-state index contributed by atoms with van der Waals surface area (Å²) < 4.78 is 13.5. The monoisotopic (exact) mass is 393 g/mol. The highest BCUT2D eigenvalue weighted by Crippen LogP contribution is 2.29. The van der Waals surface area contributed by atoms with Crippen molar-refractivity contribution < 1.29 is 14.0 Å². The molecule has 9 nitrogen and oxygen atoms in total. The van der Waals surface area contributed by atoms with Gasteiger partial charge in [-0.3, -0.25) is 9.59 Å². The van der Waals surface area contributed by atoms with E-state index in [1.807, 2.05) is 0 Å². The van der Waals surface area contributed by atoms with E-state index < -0.39 is 29.7 Å². The second-order valence-electron chi connectivity index (χ2n) is 5.96. The predicted octanol–water partition coefficient (Wildman–Crippen LogP) is 0.586. The standard InChI is InChI=1S/C16H17ClFN7O2/c17-8-2-1-7(5-9(8)18)23-14(26)15(27)25-13-11(24-16(19)20)4-3-10-12(13)22-6-21-10/h1-2,5-6,11,13H,3-4H2,(H,21,22)(H,23,26)(H,25,27)(H4,19,20,24)/t11-,13+/m0/s1. The maximum Gasteiger partial charge on any atom is 0.313 e. The fourth-order valence-corrected chi connectivity index (χ4v) is 3.02. The van der Waals surface area contributed by atoms with E-state index in [2.05, 4.69) is 25.6 Å². The van der Waals surface area contributed by atoms with Gasteiger partial charge in [-0.05, 0) is 31.0 Å². The molecule has 1 aromatic heterocycles. The fraction of sp³-hybridized carbons (Fsp3) is 0.250. The summed E-state index contributed by atoms with van der Waals surface area (Å²) in [6, 6.07) is 2.53. The molecule has 0 spiro atoms. The van der Waals surface area contributed by atoms with Gasteiger partial charge in [0.25, 0.3) is 0 Å². The van der Waals surface area contributed by atoms with E-state index in [-0.39, 0.29) is 16.7 Å². The van der Waals surface area contributed by atoms with Crippen molar-refractivity contribution in [3.05, 3.63) is 46.8 Å². The highest BCUT2D eigenvalue weighted by molar-refractivity contribution is 6.39. The molecule has 142 valence electrons. The smallest absolute Gasteiger partial charge is 0.313 e. The number of aromatic amines is 1. The second kappa shape index (κ2) is 7.62. The summed E-state index contributed by atoms with van der Waals surface area (Å²) in [5.41, 5.74) is 12.4. The van der Waals surface area contributed by atoms with E-state index in [1.54, 1.807) is 0 Å². The summed E-state index contributed by atoms with van der Waals surface area (Å²) in [5.74, 6) is -2.74. The van der Waals surface area contributed by atoms with Crippen LogP contribution in [0, 0.1) is 5.82 Å². The van der Waals surface area contributed by atoms with Crippen molar-refractivity contribution >= 4 is 35.1 Å². The number of nitrogens with two attached hydrogens (primary N) is 2. The van der Waals surface area contributed by atoms with Crippen LogP contribution in [0.1, 0.15) is 23.9 Å². The number of benzene rings is 1. The Hall–Kier alpha value is -3.14. The highest BCUT2D eigenvalue weighted by atomic mass is 35.5. The van der Waals surface area contributed by atoms with Gasteiger partial charge in [0.1, 0.15) is 5.82 Å². The van der Waals surface area contributed by atoms with Gasteiger partial charge < -0.3 is 27.1 Å². The summed E-state index contributed by atoms with van der Waals surface area (Å²) in [6.07, 6.45) is 2.71. The number of aliphatic imine (C=N–C) groups is 1. The highest BCUT2D eigenvalue weighted by Gasteiger charge is 2.34. The van der Waals surface area contributed by atoms with Gasteiger partial charge in [0.15, 0.2) is 5.96 Å². The molecule has 0 bridgehead atoms. The second-order valence-corrected chi connectivity index (χ2v) is 6.37. The summed E-state index contributed by atoms with van der Waals surface area (Å²) in [5, 5.41) is 4.81. The van der Waals surface area contributed by atoms with E-state index in [1.165, 1.54) is 18.5 Å². The number of hydrogen-bond donors (Lipinski definition) is 5. The largest absolute Gasteiger partial charge is 0.370 e. The van der Waals surface area contributed by atoms with Gasteiger partial charge in [-0.25, -0.2) is 14.4 Å². The van der Waals surface area contributed by atoms with Crippen molar-refractivity contribution in [1.29, 1.82) is 0 Å². The molecule has 1 heterocycles. The molecule has 0 radical (unpaired) electrons. The first-order valence-corrected chi connectivity index (χ1v) is 8.40. The lowest BCUT2D eigenvalue weighted by Crippen LogP contribution is -2.44. The quantitative estimate of drug-likeness (QED) is 0.293. The van der Waals surface area contributed by atoms with E-state index in [4.69, 9.17) is 23.1 Å². The van der Waals surface area contributed by atoms with Crippen LogP contribution < -0.4 is 22.1 Å². The van der Waals surface area contributed by atoms with Crippen molar-refractivity contribution in [2.75, 3.05) is 5.32 Å². The van der Waals surface area contributed by atoms with Gasteiger partial charge in [-0.15, -0.1) is 0 Å². The maximum atomic E-state index is 13.5. The number of hydrogen-bond acceptors (Lipinski definition) is 4. The number of aromatic nitrogens is 2. The van der Waals surface area contributed by atoms with Gasteiger partial charge in [0.2, 0.25) is 0 Å². The normalized spacial score (nSPS) is 18.3. The van der Waals surface area contributed by atoms with Crippen LogP contribution in [0.25, 0.3) is 0 Å². The van der Waals surface area contributed by atoms with Gasteiger partial charge in [-0.1, -0.05) is 11.6 Å². The first-order chi connectivity index (χ1) is 12.8. The average molecular weight is 394 g/mol. The number of carbonyl (C=O) groups is 2. The summed E-state index contributed by atoms with van der Waals surface area (Å²) in [4.78, 5) is 35.8. The number of aryl methyl sites for hydroxylation is 1. The Kier molecular flexibility index (Phi) is 5.26. The molecule has 3 rings (SSSR count). The lowest BCUT2D eigenvalue weighted by molar-refractivity contribution is -0.136.